The molecule has 0 spiro atoms. The van der Waals surface area contributed by atoms with Crippen LogP contribution in [0.4, 0.5) is 0 Å². The standard InChI is InChI=1S/C17H24NO3P/c1-4-20-22(19,21-5-2)11-13-10-15-12(3)9-16(13)17-14(15)7-6-8-18-17/h6-9,13,15-16H,4-5,10-11H2,1-3H3/t13-,15?,16?/m0/s1. The number of allylic oxidation sites excluding steroid dienone is 2. The Morgan fingerprint density at radius 3 is 2.73 bits per heavy atom. The van der Waals surface area contributed by atoms with Gasteiger partial charge in [0.2, 0.25) is 0 Å². The van der Waals surface area contributed by atoms with Gasteiger partial charge < -0.3 is 9.05 Å². The van der Waals surface area contributed by atoms with Gasteiger partial charge in [-0.2, -0.15) is 0 Å². The summed E-state index contributed by atoms with van der Waals surface area (Å²) in [6.45, 7) is 6.75. The molecule has 0 radical (unpaired) electrons. The second-order valence-corrected chi connectivity index (χ2v) is 8.20. The number of nitrogens with zero attached hydrogens (tertiary/aromatic N) is 1. The first kappa shape index (κ1) is 15.9. The fourth-order valence-corrected chi connectivity index (χ4v) is 5.88. The molecule has 0 saturated carbocycles. The Hall–Kier alpha value is -0.960. The van der Waals surface area contributed by atoms with Crippen molar-refractivity contribution in [2.75, 3.05) is 19.4 Å². The summed E-state index contributed by atoms with van der Waals surface area (Å²) in [6, 6.07) is 4.19. The topological polar surface area (TPSA) is 48.4 Å². The van der Waals surface area contributed by atoms with Crippen LogP contribution in [0.2, 0.25) is 0 Å². The van der Waals surface area contributed by atoms with Crippen molar-refractivity contribution in [3.63, 3.8) is 0 Å². The van der Waals surface area contributed by atoms with Crippen LogP contribution in [0.5, 0.6) is 0 Å². The number of fused-ring (bicyclic) bond motifs is 1. The predicted molar refractivity (Wildman–Crippen MR) is 87.3 cm³/mol. The summed E-state index contributed by atoms with van der Waals surface area (Å²) in [6.07, 6.45) is 5.65. The normalized spacial score (nSPS) is 26.7. The number of hydrogen-bond donors (Lipinski definition) is 0. The molecule has 2 bridgehead atoms. The van der Waals surface area contributed by atoms with Crippen LogP contribution >= 0.6 is 7.60 Å². The highest BCUT2D eigenvalue weighted by Crippen LogP contribution is 2.58. The van der Waals surface area contributed by atoms with Crippen LogP contribution in [0, 0.1) is 5.92 Å². The van der Waals surface area contributed by atoms with Gasteiger partial charge in [0.1, 0.15) is 0 Å². The van der Waals surface area contributed by atoms with Gasteiger partial charge in [-0.05, 0) is 44.7 Å². The minimum Gasteiger partial charge on any atom is -0.309 e. The number of rotatable bonds is 6. The monoisotopic (exact) mass is 321 g/mol. The van der Waals surface area contributed by atoms with Crippen molar-refractivity contribution in [1.29, 1.82) is 0 Å². The summed E-state index contributed by atoms with van der Waals surface area (Å²) < 4.78 is 23.8. The molecule has 3 aliphatic carbocycles. The average Bonchev–Trinajstić information content (AvgIpc) is 2.49. The Morgan fingerprint density at radius 2 is 2.05 bits per heavy atom. The summed E-state index contributed by atoms with van der Waals surface area (Å²) in [5.74, 6) is 0.908. The Labute approximate surface area is 132 Å². The third-order valence-electron chi connectivity index (χ3n) is 4.71. The molecule has 0 aliphatic heterocycles. The van der Waals surface area contributed by atoms with Crippen LogP contribution in [0.3, 0.4) is 0 Å². The predicted octanol–water partition coefficient (Wildman–Crippen LogP) is 4.49. The van der Waals surface area contributed by atoms with E-state index in [4.69, 9.17) is 9.05 Å². The maximum atomic E-state index is 12.9. The van der Waals surface area contributed by atoms with E-state index < -0.39 is 7.60 Å². The van der Waals surface area contributed by atoms with Crippen molar-refractivity contribution in [3.05, 3.63) is 41.2 Å². The van der Waals surface area contributed by atoms with Crippen molar-refractivity contribution in [2.45, 2.75) is 39.0 Å². The number of pyridine rings is 1. The molecular weight excluding hydrogens is 297 g/mol. The van der Waals surface area contributed by atoms with Crippen LogP contribution in [0.25, 0.3) is 0 Å². The number of aromatic nitrogens is 1. The van der Waals surface area contributed by atoms with E-state index in [0.29, 0.717) is 25.3 Å². The lowest BCUT2D eigenvalue weighted by atomic mass is 9.65. The van der Waals surface area contributed by atoms with Crippen molar-refractivity contribution in [2.24, 2.45) is 5.92 Å². The van der Waals surface area contributed by atoms with Crippen molar-refractivity contribution in [1.82, 2.24) is 4.98 Å². The number of hydrogen-bond acceptors (Lipinski definition) is 4. The largest absolute Gasteiger partial charge is 0.330 e. The van der Waals surface area contributed by atoms with Gasteiger partial charge in [-0.25, -0.2) is 0 Å². The molecule has 120 valence electrons. The smallest absolute Gasteiger partial charge is 0.309 e. The zero-order chi connectivity index (χ0) is 15.7. The van der Waals surface area contributed by atoms with E-state index in [9.17, 15) is 4.57 Å². The molecule has 3 aliphatic rings. The van der Waals surface area contributed by atoms with Gasteiger partial charge in [0.05, 0.1) is 25.1 Å². The van der Waals surface area contributed by atoms with E-state index in [-0.39, 0.29) is 11.8 Å². The molecule has 0 aromatic carbocycles. The molecule has 1 heterocycles. The van der Waals surface area contributed by atoms with Crippen LogP contribution < -0.4 is 0 Å². The summed E-state index contributed by atoms with van der Waals surface area (Å²) in [5.41, 5.74) is 3.89. The average molecular weight is 321 g/mol. The first-order chi connectivity index (χ1) is 10.6. The summed E-state index contributed by atoms with van der Waals surface area (Å²) in [4.78, 5) is 4.59. The van der Waals surface area contributed by atoms with Gasteiger partial charge in [0.25, 0.3) is 0 Å². The molecule has 0 N–H and O–H groups in total. The van der Waals surface area contributed by atoms with E-state index in [1.165, 1.54) is 11.1 Å². The second kappa shape index (κ2) is 6.27. The quantitative estimate of drug-likeness (QED) is 0.572. The summed E-state index contributed by atoms with van der Waals surface area (Å²) in [7, 11) is -3.01. The van der Waals surface area contributed by atoms with Gasteiger partial charge in [-0.15, -0.1) is 0 Å². The Kier molecular flexibility index (Phi) is 4.54. The van der Waals surface area contributed by atoms with E-state index in [0.717, 1.165) is 12.1 Å². The van der Waals surface area contributed by atoms with Gasteiger partial charge in [-0.3, -0.25) is 9.55 Å². The lowest BCUT2D eigenvalue weighted by Crippen LogP contribution is -2.31. The Balaban J connectivity index is 1.88. The molecule has 2 unspecified atom stereocenters. The first-order valence-electron chi connectivity index (χ1n) is 8.09. The van der Waals surface area contributed by atoms with Crippen LogP contribution in [-0.4, -0.2) is 24.4 Å². The third-order valence-corrected chi connectivity index (χ3v) is 6.93. The first-order valence-corrected chi connectivity index (χ1v) is 9.82. The highest BCUT2D eigenvalue weighted by molar-refractivity contribution is 7.53. The lowest BCUT2D eigenvalue weighted by molar-refractivity contribution is 0.211. The fraction of sp³-hybridized carbons (Fsp3) is 0.588. The Bertz CT molecular complexity index is 618. The minimum atomic E-state index is -3.01. The molecule has 22 heavy (non-hydrogen) atoms. The van der Waals surface area contributed by atoms with Gasteiger partial charge in [0, 0.05) is 18.0 Å². The molecule has 0 fully saturated rings. The van der Waals surface area contributed by atoms with Gasteiger partial charge in [-0.1, -0.05) is 17.7 Å². The summed E-state index contributed by atoms with van der Waals surface area (Å²) >= 11 is 0. The van der Waals surface area contributed by atoms with Gasteiger partial charge >= 0.3 is 7.60 Å². The second-order valence-electron chi connectivity index (χ2n) is 6.09. The zero-order valence-corrected chi connectivity index (χ0v) is 14.4. The molecule has 4 nitrogen and oxygen atoms in total. The third kappa shape index (κ3) is 2.80. The molecule has 1 aromatic rings. The Morgan fingerprint density at radius 1 is 1.32 bits per heavy atom. The fourth-order valence-electron chi connectivity index (χ4n) is 3.86. The molecule has 0 saturated heterocycles. The van der Waals surface area contributed by atoms with Crippen molar-refractivity contribution in [3.8, 4) is 0 Å². The molecule has 3 atom stereocenters. The lowest BCUT2D eigenvalue weighted by Gasteiger charge is -2.42. The van der Waals surface area contributed by atoms with Gasteiger partial charge in [0.15, 0.2) is 0 Å². The van der Waals surface area contributed by atoms with E-state index in [1.54, 1.807) is 0 Å². The molecule has 5 heteroatoms. The van der Waals surface area contributed by atoms with E-state index >= 15 is 0 Å². The van der Waals surface area contributed by atoms with E-state index in [1.807, 2.05) is 26.1 Å². The SMILES string of the molecule is CCOP(=O)(C[C@@H]1CC2C(C)=CC1c1ncccc12)OCC. The van der Waals surface area contributed by atoms with Crippen LogP contribution in [0.1, 0.15) is 50.3 Å². The maximum Gasteiger partial charge on any atom is 0.330 e. The van der Waals surface area contributed by atoms with Crippen molar-refractivity contribution >= 4 is 7.60 Å². The maximum absolute atomic E-state index is 12.9. The molecular formula is C17H24NO3P. The molecule has 4 rings (SSSR count). The highest BCUT2D eigenvalue weighted by atomic mass is 31.2. The summed E-state index contributed by atoms with van der Waals surface area (Å²) in [5, 5.41) is 0. The minimum absolute atomic E-state index is 0.232. The molecule has 0 amide bonds. The van der Waals surface area contributed by atoms with Crippen molar-refractivity contribution < 1.29 is 13.6 Å². The highest BCUT2D eigenvalue weighted by Gasteiger charge is 2.43. The zero-order valence-electron chi connectivity index (χ0n) is 13.5. The molecule has 1 aromatic heterocycles. The van der Waals surface area contributed by atoms with Crippen LogP contribution in [-0.2, 0) is 13.6 Å². The van der Waals surface area contributed by atoms with Crippen LogP contribution in [0.15, 0.2) is 30.0 Å². The van der Waals surface area contributed by atoms with E-state index in [2.05, 4.69) is 24.1 Å².